The van der Waals surface area contributed by atoms with Gasteiger partial charge < -0.3 is 14.7 Å². The minimum absolute atomic E-state index is 0.0120. The molecule has 0 saturated carbocycles. The van der Waals surface area contributed by atoms with Gasteiger partial charge in [-0.1, -0.05) is 6.92 Å². The van der Waals surface area contributed by atoms with Crippen LogP contribution in [0.1, 0.15) is 20.3 Å². The van der Waals surface area contributed by atoms with Gasteiger partial charge >= 0.3 is 5.97 Å². The zero-order chi connectivity index (χ0) is 12.8. The van der Waals surface area contributed by atoms with Crippen LogP contribution in [0.4, 0.5) is 0 Å². The van der Waals surface area contributed by atoms with Gasteiger partial charge in [0, 0.05) is 13.1 Å². The Labute approximate surface area is 105 Å². The van der Waals surface area contributed by atoms with Gasteiger partial charge in [0.25, 0.3) is 0 Å². The highest BCUT2D eigenvalue weighted by atomic mass is 32.2. The van der Waals surface area contributed by atoms with E-state index in [0.717, 1.165) is 0 Å². The van der Waals surface area contributed by atoms with Crippen molar-refractivity contribution in [3.05, 3.63) is 0 Å². The average molecular weight is 261 g/mol. The van der Waals surface area contributed by atoms with Crippen LogP contribution in [0, 0.1) is 0 Å². The fourth-order valence-electron chi connectivity index (χ4n) is 1.67. The van der Waals surface area contributed by atoms with Gasteiger partial charge in [0.1, 0.15) is 5.25 Å². The number of hydrogen-bond donors (Lipinski definition) is 1. The highest BCUT2D eigenvalue weighted by Gasteiger charge is 2.27. The smallest absolute Gasteiger partial charge is 0.316 e. The number of rotatable bonds is 5. The van der Waals surface area contributed by atoms with Gasteiger partial charge in [0.05, 0.1) is 18.5 Å². The summed E-state index contributed by atoms with van der Waals surface area (Å²) in [6.07, 6.45) is 0.529. The third-order valence-electron chi connectivity index (χ3n) is 2.69. The quantitative estimate of drug-likeness (QED) is 0.794. The number of carboxylic acids is 1. The standard InChI is InChI=1S/C11H19NO4S/c1-3-9(11(14)15)17-8(2)10(13)12-4-6-16-7-5-12/h8-9H,3-7H2,1-2H3,(H,14,15). The van der Waals surface area contributed by atoms with Crippen LogP contribution in [0.3, 0.4) is 0 Å². The van der Waals surface area contributed by atoms with E-state index in [1.807, 2.05) is 6.92 Å². The summed E-state index contributed by atoms with van der Waals surface area (Å²) in [4.78, 5) is 24.7. The third-order valence-corrected chi connectivity index (χ3v) is 4.16. The Kier molecular flexibility index (Phi) is 5.77. The molecule has 1 amide bonds. The second kappa shape index (κ2) is 6.86. The molecule has 0 aromatic rings. The number of carboxylic acid groups (broad SMARTS) is 1. The summed E-state index contributed by atoms with van der Waals surface area (Å²) in [5.74, 6) is -0.836. The number of thioether (sulfide) groups is 1. The molecule has 0 spiro atoms. The average Bonchev–Trinajstić information content (AvgIpc) is 2.35. The van der Waals surface area contributed by atoms with Crippen molar-refractivity contribution in [3.8, 4) is 0 Å². The van der Waals surface area contributed by atoms with Crippen LogP contribution in [0.5, 0.6) is 0 Å². The Bertz CT molecular complexity index is 279. The SMILES string of the molecule is CCC(SC(C)C(=O)N1CCOCC1)C(=O)O. The van der Waals surface area contributed by atoms with E-state index >= 15 is 0 Å². The molecule has 2 atom stereocenters. The van der Waals surface area contributed by atoms with Crippen LogP contribution in [0.15, 0.2) is 0 Å². The van der Waals surface area contributed by atoms with Gasteiger partial charge in [-0.05, 0) is 13.3 Å². The summed E-state index contributed by atoms with van der Waals surface area (Å²) in [5.41, 5.74) is 0. The van der Waals surface area contributed by atoms with Crippen molar-refractivity contribution in [2.24, 2.45) is 0 Å². The zero-order valence-electron chi connectivity index (χ0n) is 10.2. The number of aliphatic carboxylic acids is 1. The number of ether oxygens (including phenoxy) is 1. The summed E-state index contributed by atoms with van der Waals surface area (Å²) < 4.78 is 5.18. The van der Waals surface area contributed by atoms with Gasteiger partial charge in [-0.3, -0.25) is 9.59 Å². The number of carbonyl (C=O) groups is 2. The fourth-order valence-corrected chi connectivity index (χ4v) is 2.74. The number of morpholine rings is 1. The van der Waals surface area contributed by atoms with Crippen LogP contribution < -0.4 is 0 Å². The molecule has 1 heterocycles. The summed E-state index contributed by atoms with van der Waals surface area (Å²) >= 11 is 1.22. The Balaban J connectivity index is 2.47. The van der Waals surface area contributed by atoms with E-state index in [1.54, 1.807) is 11.8 Å². The van der Waals surface area contributed by atoms with Gasteiger partial charge in [-0.15, -0.1) is 11.8 Å². The van der Waals surface area contributed by atoms with Crippen molar-refractivity contribution >= 4 is 23.6 Å². The molecule has 1 fully saturated rings. The largest absolute Gasteiger partial charge is 0.480 e. The summed E-state index contributed by atoms with van der Waals surface area (Å²) in [6, 6.07) is 0. The molecule has 17 heavy (non-hydrogen) atoms. The Morgan fingerprint density at radius 1 is 1.41 bits per heavy atom. The molecule has 1 saturated heterocycles. The Morgan fingerprint density at radius 3 is 2.47 bits per heavy atom. The van der Waals surface area contributed by atoms with Crippen molar-refractivity contribution in [2.45, 2.75) is 30.8 Å². The lowest BCUT2D eigenvalue weighted by atomic mass is 10.3. The lowest BCUT2D eigenvalue weighted by Gasteiger charge is -2.29. The lowest BCUT2D eigenvalue weighted by molar-refractivity contribution is -0.136. The molecule has 0 aromatic heterocycles. The molecule has 0 bridgehead atoms. The molecule has 1 aliphatic rings. The highest BCUT2D eigenvalue weighted by Crippen LogP contribution is 2.22. The lowest BCUT2D eigenvalue weighted by Crippen LogP contribution is -2.44. The highest BCUT2D eigenvalue weighted by molar-refractivity contribution is 8.01. The number of nitrogens with zero attached hydrogens (tertiary/aromatic N) is 1. The first-order valence-corrected chi connectivity index (χ1v) is 6.75. The van der Waals surface area contributed by atoms with Gasteiger partial charge in [-0.25, -0.2) is 0 Å². The molecule has 0 aliphatic carbocycles. The molecule has 98 valence electrons. The molecule has 6 heteroatoms. The second-order valence-corrected chi connectivity index (χ2v) is 5.50. The van der Waals surface area contributed by atoms with Crippen molar-refractivity contribution in [2.75, 3.05) is 26.3 Å². The first-order chi connectivity index (χ1) is 8.06. The van der Waals surface area contributed by atoms with E-state index in [4.69, 9.17) is 9.84 Å². The predicted molar refractivity (Wildman–Crippen MR) is 66.2 cm³/mol. The topological polar surface area (TPSA) is 66.8 Å². The van der Waals surface area contributed by atoms with E-state index in [1.165, 1.54) is 11.8 Å². The van der Waals surface area contributed by atoms with Gasteiger partial charge in [0.15, 0.2) is 0 Å². The number of hydrogen-bond acceptors (Lipinski definition) is 4. The summed E-state index contributed by atoms with van der Waals surface area (Å²) in [5, 5.41) is 8.13. The van der Waals surface area contributed by atoms with Gasteiger partial charge in [-0.2, -0.15) is 0 Å². The third kappa shape index (κ3) is 4.20. The van der Waals surface area contributed by atoms with Gasteiger partial charge in [0.2, 0.25) is 5.91 Å². The zero-order valence-corrected chi connectivity index (χ0v) is 11.0. The molecule has 2 unspecified atom stereocenters. The van der Waals surface area contributed by atoms with Crippen molar-refractivity contribution < 1.29 is 19.4 Å². The van der Waals surface area contributed by atoms with Crippen molar-refractivity contribution in [1.82, 2.24) is 4.90 Å². The van der Waals surface area contributed by atoms with E-state index < -0.39 is 11.2 Å². The molecule has 5 nitrogen and oxygen atoms in total. The van der Waals surface area contributed by atoms with E-state index in [9.17, 15) is 9.59 Å². The maximum Gasteiger partial charge on any atom is 0.316 e. The minimum Gasteiger partial charge on any atom is -0.480 e. The Hall–Kier alpha value is -0.750. The molecule has 1 aliphatic heterocycles. The first kappa shape index (κ1) is 14.3. The molecular formula is C11H19NO4S. The molecule has 1 N–H and O–H groups in total. The predicted octanol–water partition coefficient (Wildman–Crippen LogP) is 0.830. The van der Waals surface area contributed by atoms with E-state index in [0.29, 0.717) is 32.7 Å². The maximum absolute atomic E-state index is 12.0. The monoisotopic (exact) mass is 261 g/mol. The number of carbonyl (C=O) groups excluding carboxylic acids is 1. The van der Waals surface area contributed by atoms with Crippen LogP contribution in [-0.4, -0.2) is 58.7 Å². The second-order valence-electron chi connectivity index (χ2n) is 3.95. The van der Waals surface area contributed by atoms with Crippen LogP contribution in [0.2, 0.25) is 0 Å². The molecule has 1 rings (SSSR count). The normalized spacial score (nSPS) is 19.8. The first-order valence-electron chi connectivity index (χ1n) is 5.81. The van der Waals surface area contributed by atoms with Crippen LogP contribution in [0.25, 0.3) is 0 Å². The van der Waals surface area contributed by atoms with Crippen LogP contribution in [-0.2, 0) is 14.3 Å². The Morgan fingerprint density at radius 2 is 2.00 bits per heavy atom. The van der Waals surface area contributed by atoms with Crippen molar-refractivity contribution in [1.29, 1.82) is 0 Å². The van der Waals surface area contributed by atoms with E-state index in [-0.39, 0.29) is 11.2 Å². The molecular weight excluding hydrogens is 242 g/mol. The molecule has 0 aromatic carbocycles. The number of amides is 1. The summed E-state index contributed by atoms with van der Waals surface area (Å²) in [6.45, 7) is 5.94. The summed E-state index contributed by atoms with van der Waals surface area (Å²) in [7, 11) is 0. The van der Waals surface area contributed by atoms with Crippen LogP contribution >= 0.6 is 11.8 Å². The van der Waals surface area contributed by atoms with E-state index in [2.05, 4.69) is 0 Å². The fraction of sp³-hybridized carbons (Fsp3) is 0.818. The maximum atomic E-state index is 12.0. The minimum atomic E-state index is -0.848. The van der Waals surface area contributed by atoms with Crippen molar-refractivity contribution in [3.63, 3.8) is 0 Å². The molecule has 0 radical (unpaired) electrons.